The molecule has 0 fully saturated rings. The Morgan fingerprint density at radius 2 is 2.13 bits per heavy atom. The molecular formula is C18H22N2O2S. The molecule has 0 aliphatic carbocycles. The zero-order chi connectivity index (χ0) is 16.8. The fourth-order valence-corrected chi connectivity index (χ4v) is 3.32. The number of anilines is 1. The minimum absolute atomic E-state index is 0.132. The Bertz CT molecular complexity index is 640. The van der Waals surface area contributed by atoms with Crippen molar-refractivity contribution >= 4 is 29.3 Å². The van der Waals surface area contributed by atoms with Gasteiger partial charge in [-0.05, 0) is 18.6 Å². The van der Waals surface area contributed by atoms with Crippen molar-refractivity contribution in [3.8, 4) is 0 Å². The molecule has 0 bridgehead atoms. The Morgan fingerprint density at radius 1 is 1.39 bits per heavy atom. The number of benzene rings is 1. The Balaban J connectivity index is 2.27. The number of rotatable bonds is 6. The Labute approximate surface area is 141 Å². The number of nitrogens with zero attached hydrogens (tertiary/aromatic N) is 2. The molecule has 122 valence electrons. The predicted octanol–water partition coefficient (Wildman–Crippen LogP) is 3.45. The van der Waals surface area contributed by atoms with Gasteiger partial charge in [-0.3, -0.25) is 9.59 Å². The molecular weight excluding hydrogens is 308 g/mol. The summed E-state index contributed by atoms with van der Waals surface area (Å²) in [5.41, 5.74) is 0.867. The average Bonchev–Trinajstić information content (AvgIpc) is 2.56. The van der Waals surface area contributed by atoms with E-state index in [4.69, 9.17) is 0 Å². The second kappa shape index (κ2) is 8.02. The highest BCUT2D eigenvalue weighted by Crippen LogP contribution is 2.41. The molecule has 1 heterocycles. The number of carbonyl (C=O) groups excluding carboxylic acids is 2. The Hall–Kier alpha value is -2.01. The van der Waals surface area contributed by atoms with E-state index in [0.29, 0.717) is 18.0 Å². The van der Waals surface area contributed by atoms with Crippen molar-refractivity contribution in [1.82, 2.24) is 4.90 Å². The van der Waals surface area contributed by atoms with E-state index in [-0.39, 0.29) is 11.8 Å². The molecule has 2 rings (SSSR count). The number of hydrogen-bond donors (Lipinski definition) is 0. The van der Waals surface area contributed by atoms with Gasteiger partial charge in [0.05, 0.1) is 10.6 Å². The highest BCUT2D eigenvalue weighted by atomic mass is 32.2. The number of hydrogen-bond acceptors (Lipinski definition) is 3. The highest BCUT2D eigenvalue weighted by molar-refractivity contribution is 8.04. The van der Waals surface area contributed by atoms with Crippen molar-refractivity contribution in [1.29, 1.82) is 0 Å². The van der Waals surface area contributed by atoms with E-state index in [0.717, 1.165) is 23.4 Å². The lowest BCUT2D eigenvalue weighted by Gasteiger charge is -2.29. The van der Waals surface area contributed by atoms with Gasteiger partial charge in [0.25, 0.3) is 5.91 Å². The minimum atomic E-state index is -0.147. The van der Waals surface area contributed by atoms with Crippen LogP contribution in [0.1, 0.15) is 19.8 Å². The third-order valence-corrected chi connectivity index (χ3v) is 4.70. The van der Waals surface area contributed by atoms with Crippen LogP contribution in [0.2, 0.25) is 0 Å². The summed E-state index contributed by atoms with van der Waals surface area (Å²) in [6.45, 7) is 6.92. The molecule has 0 spiro atoms. The van der Waals surface area contributed by atoms with Crippen molar-refractivity contribution in [3.63, 3.8) is 0 Å². The van der Waals surface area contributed by atoms with Gasteiger partial charge < -0.3 is 9.80 Å². The van der Waals surface area contributed by atoms with E-state index in [1.807, 2.05) is 24.3 Å². The van der Waals surface area contributed by atoms with Crippen LogP contribution in [0.25, 0.3) is 0 Å². The van der Waals surface area contributed by atoms with Gasteiger partial charge in [0.15, 0.2) is 0 Å². The van der Waals surface area contributed by atoms with E-state index in [1.54, 1.807) is 22.9 Å². The van der Waals surface area contributed by atoms with Crippen LogP contribution >= 0.6 is 11.8 Å². The lowest BCUT2D eigenvalue weighted by atomic mass is 10.2. The standard InChI is InChI=1S/C18H22N2O2S/c1-4-6-12-19(3)17(21)13-16-18(22)20(11-5-2)14-9-7-8-10-15(14)23-16/h5,7-10,13H,2,4,6,11-12H2,1,3H3/b16-13+. The average molecular weight is 330 g/mol. The van der Waals surface area contributed by atoms with Gasteiger partial charge in [0.1, 0.15) is 0 Å². The molecule has 1 aliphatic rings. The first-order valence-electron chi connectivity index (χ1n) is 7.75. The SMILES string of the molecule is C=CCN1C(=O)/C(=C\C(=O)N(C)CCCC)Sc2ccccc21. The molecule has 0 N–H and O–H groups in total. The van der Waals surface area contributed by atoms with Crippen LogP contribution in [0.3, 0.4) is 0 Å². The molecule has 5 heteroatoms. The molecule has 2 amide bonds. The third-order valence-electron chi connectivity index (χ3n) is 3.62. The quantitative estimate of drug-likeness (QED) is 0.592. The van der Waals surface area contributed by atoms with Crippen molar-refractivity contribution in [3.05, 3.63) is 47.9 Å². The second-order valence-corrected chi connectivity index (χ2v) is 6.48. The first-order valence-corrected chi connectivity index (χ1v) is 8.56. The molecule has 1 aromatic carbocycles. The minimum Gasteiger partial charge on any atom is -0.342 e. The van der Waals surface area contributed by atoms with E-state index < -0.39 is 0 Å². The summed E-state index contributed by atoms with van der Waals surface area (Å²) < 4.78 is 0. The Morgan fingerprint density at radius 3 is 2.83 bits per heavy atom. The van der Waals surface area contributed by atoms with Gasteiger partial charge in [0, 0.05) is 31.1 Å². The number of amides is 2. The second-order valence-electron chi connectivity index (χ2n) is 5.40. The maximum atomic E-state index is 12.7. The summed E-state index contributed by atoms with van der Waals surface area (Å²) in [6, 6.07) is 7.71. The number of unbranched alkanes of at least 4 members (excludes halogenated alkanes) is 1. The number of fused-ring (bicyclic) bond motifs is 1. The van der Waals surface area contributed by atoms with E-state index >= 15 is 0 Å². The number of likely N-dealkylation sites (N-methyl/N-ethyl adjacent to an activating group) is 1. The molecule has 0 unspecified atom stereocenters. The summed E-state index contributed by atoms with van der Waals surface area (Å²) in [5, 5.41) is 0. The third kappa shape index (κ3) is 4.05. The van der Waals surface area contributed by atoms with Crippen molar-refractivity contribution < 1.29 is 9.59 Å². The van der Waals surface area contributed by atoms with Crippen LogP contribution in [0.15, 0.2) is 52.8 Å². The number of para-hydroxylation sites is 1. The monoisotopic (exact) mass is 330 g/mol. The van der Waals surface area contributed by atoms with Crippen molar-refractivity contribution in [2.75, 3.05) is 25.0 Å². The van der Waals surface area contributed by atoms with Crippen molar-refractivity contribution in [2.24, 2.45) is 0 Å². The molecule has 4 nitrogen and oxygen atoms in total. The van der Waals surface area contributed by atoms with Gasteiger partial charge in [-0.15, -0.1) is 6.58 Å². The lowest BCUT2D eigenvalue weighted by Crippen LogP contribution is -2.35. The summed E-state index contributed by atoms with van der Waals surface area (Å²) in [6.07, 6.45) is 5.13. The summed E-state index contributed by atoms with van der Waals surface area (Å²) in [5.74, 6) is -0.280. The zero-order valence-electron chi connectivity index (χ0n) is 13.6. The molecule has 1 aromatic rings. The van der Waals surface area contributed by atoms with Crippen molar-refractivity contribution in [2.45, 2.75) is 24.7 Å². The molecule has 23 heavy (non-hydrogen) atoms. The molecule has 0 saturated carbocycles. The Kier molecular flexibility index (Phi) is 6.04. The first-order chi connectivity index (χ1) is 11.1. The maximum Gasteiger partial charge on any atom is 0.265 e. The normalized spacial score (nSPS) is 15.5. The van der Waals surface area contributed by atoms with Crippen LogP contribution in [0.4, 0.5) is 5.69 Å². The smallest absolute Gasteiger partial charge is 0.265 e. The van der Waals surface area contributed by atoms with Gasteiger partial charge in [-0.1, -0.05) is 43.3 Å². The van der Waals surface area contributed by atoms with Crippen LogP contribution in [-0.2, 0) is 9.59 Å². The van der Waals surface area contributed by atoms with Gasteiger partial charge in [-0.2, -0.15) is 0 Å². The van der Waals surface area contributed by atoms with E-state index in [1.165, 1.54) is 17.8 Å². The highest BCUT2D eigenvalue weighted by Gasteiger charge is 2.28. The number of carbonyl (C=O) groups is 2. The summed E-state index contributed by atoms with van der Waals surface area (Å²) in [4.78, 5) is 29.7. The van der Waals surface area contributed by atoms with E-state index in [2.05, 4.69) is 13.5 Å². The van der Waals surface area contributed by atoms with Gasteiger partial charge >= 0.3 is 0 Å². The fourth-order valence-electron chi connectivity index (χ4n) is 2.30. The molecule has 0 radical (unpaired) electrons. The largest absolute Gasteiger partial charge is 0.342 e. The predicted molar refractivity (Wildman–Crippen MR) is 95.5 cm³/mol. The molecule has 0 aromatic heterocycles. The van der Waals surface area contributed by atoms with Gasteiger partial charge in [-0.25, -0.2) is 0 Å². The van der Waals surface area contributed by atoms with Crippen LogP contribution < -0.4 is 4.90 Å². The van der Waals surface area contributed by atoms with Gasteiger partial charge in [0.2, 0.25) is 5.91 Å². The van der Waals surface area contributed by atoms with Crippen LogP contribution in [0, 0.1) is 0 Å². The van der Waals surface area contributed by atoms with Crippen LogP contribution in [-0.4, -0.2) is 36.9 Å². The first kappa shape index (κ1) is 17.3. The molecule has 0 atom stereocenters. The topological polar surface area (TPSA) is 40.6 Å². The summed E-state index contributed by atoms with van der Waals surface area (Å²) >= 11 is 1.35. The lowest BCUT2D eigenvalue weighted by molar-refractivity contribution is -0.125. The van der Waals surface area contributed by atoms with E-state index in [9.17, 15) is 9.59 Å². The number of thioether (sulfide) groups is 1. The molecule has 0 saturated heterocycles. The molecule has 1 aliphatic heterocycles. The maximum absolute atomic E-state index is 12.7. The summed E-state index contributed by atoms with van der Waals surface area (Å²) in [7, 11) is 1.77. The zero-order valence-corrected chi connectivity index (χ0v) is 14.4. The fraction of sp³-hybridized carbons (Fsp3) is 0.333. The van der Waals surface area contributed by atoms with Crippen LogP contribution in [0.5, 0.6) is 0 Å².